The highest BCUT2D eigenvalue weighted by Gasteiger charge is 2.51. The van der Waals surface area contributed by atoms with Crippen LogP contribution < -0.4 is 14.2 Å². The lowest BCUT2D eigenvalue weighted by atomic mass is 10.0. The number of carbonyl (C=O) groups excluding carboxylic acids is 6. The quantitative estimate of drug-likeness (QED) is 0.157. The van der Waals surface area contributed by atoms with Crippen LogP contribution in [0.25, 0.3) is 0 Å². The second-order valence-corrected chi connectivity index (χ2v) is 9.16. The molecule has 0 aliphatic carbocycles. The molecule has 1 saturated heterocycles. The Morgan fingerprint density at radius 3 is 2.40 bits per heavy atom. The monoisotopic (exact) mass is 574 g/mol. The van der Waals surface area contributed by atoms with Gasteiger partial charge in [0.15, 0.2) is 23.0 Å². The van der Waals surface area contributed by atoms with Crippen LogP contribution >= 0.6 is 0 Å². The summed E-state index contributed by atoms with van der Waals surface area (Å²) in [5, 5.41) is 0. The molecule has 2 aromatic rings. The number of likely N-dealkylation sites (N-methyl/N-ethyl adjacent to an activating group) is 1. The van der Waals surface area contributed by atoms with Crippen molar-refractivity contribution in [1.29, 1.82) is 0 Å². The van der Waals surface area contributed by atoms with Crippen LogP contribution in [-0.2, 0) is 28.7 Å². The molecule has 5 rings (SSSR count). The van der Waals surface area contributed by atoms with E-state index in [-0.39, 0.29) is 39.8 Å². The van der Waals surface area contributed by atoms with Crippen molar-refractivity contribution in [2.24, 2.45) is 0 Å². The molecule has 13 nitrogen and oxygen atoms in total. The highest BCUT2D eigenvalue weighted by molar-refractivity contribution is 6.42. The number of nitrogens with zero attached hydrogens (tertiary/aromatic N) is 2. The van der Waals surface area contributed by atoms with Crippen molar-refractivity contribution in [3.8, 4) is 23.0 Å². The molecule has 3 aliphatic rings. The molecule has 13 heteroatoms. The molecule has 1 fully saturated rings. The van der Waals surface area contributed by atoms with Crippen LogP contribution in [-0.4, -0.2) is 72.0 Å². The van der Waals surface area contributed by atoms with Gasteiger partial charge in [-0.25, -0.2) is 4.79 Å². The van der Waals surface area contributed by atoms with Gasteiger partial charge in [0.1, 0.15) is 24.1 Å². The number of rotatable bonds is 7. The number of benzene rings is 2. The van der Waals surface area contributed by atoms with Gasteiger partial charge in [-0.3, -0.25) is 33.8 Å². The second kappa shape index (κ2) is 11.0. The van der Waals surface area contributed by atoms with Gasteiger partial charge < -0.3 is 23.7 Å². The van der Waals surface area contributed by atoms with Crippen molar-refractivity contribution in [2.45, 2.75) is 19.1 Å². The van der Waals surface area contributed by atoms with E-state index >= 15 is 0 Å². The Morgan fingerprint density at radius 1 is 0.952 bits per heavy atom. The molecule has 3 amide bonds. The Labute approximate surface area is 238 Å². The van der Waals surface area contributed by atoms with Crippen molar-refractivity contribution in [1.82, 2.24) is 9.80 Å². The molecule has 3 aliphatic heterocycles. The van der Waals surface area contributed by atoms with E-state index in [1.54, 1.807) is 0 Å². The number of carbonyl (C=O) groups is 6. The van der Waals surface area contributed by atoms with Crippen LogP contribution in [0.4, 0.5) is 0 Å². The first kappa shape index (κ1) is 27.8. The van der Waals surface area contributed by atoms with Gasteiger partial charge in [-0.2, -0.15) is 0 Å². The first-order valence-electron chi connectivity index (χ1n) is 12.4. The van der Waals surface area contributed by atoms with E-state index in [0.29, 0.717) is 16.8 Å². The van der Waals surface area contributed by atoms with Gasteiger partial charge in [0.25, 0.3) is 5.91 Å². The second-order valence-electron chi connectivity index (χ2n) is 9.16. The summed E-state index contributed by atoms with van der Waals surface area (Å²) >= 11 is 0. The number of methoxy groups -OCH3 is 1. The van der Waals surface area contributed by atoms with Gasteiger partial charge in [0.05, 0.1) is 25.2 Å². The van der Waals surface area contributed by atoms with Crippen LogP contribution in [0, 0.1) is 0 Å². The number of piperazine rings is 1. The number of hydrogen-bond acceptors (Lipinski definition) is 11. The Kier molecular flexibility index (Phi) is 7.32. The fourth-order valence-electron chi connectivity index (χ4n) is 4.52. The molecule has 0 N–H and O–H groups in total. The minimum atomic E-state index is -1.15. The number of imide groups is 1. The molecule has 2 aromatic carbocycles. The molecule has 3 heterocycles. The molecule has 2 atom stereocenters. The summed E-state index contributed by atoms with van der Waals surface area (Å²) in [4.78, 5) is 75.9. The lowest BCUT2D eigenvalue weighted by molar-refractivity contribution is -0.160. The van der Waals surface area contributed by atoms with Gasteiger partial charge in [-0.1, -0.05) is 0 Å². The zero-order valence-corrected chi connectivity index (χ0v) is 22.4. The number of fused-ring (bicyclic) bond motifs is 3. The van der Waals surface area contributed by atoms with Crippen molar-refractivity contribution in [3.63, 3.8) is 0 Å². The molecule has 0 aromatic heterocycles. The lowest BCUT2D eigenvalue weighted by Gasteiger charge is -2.35. The summed E-state index contributed by atoms with van der Waals surface area (Å²) in [5.41, 5.74) is 0.518. The summed E-state index contributed by atoms with van der Waals surface area (Å²) in [5.74, 6) is -3.90. The van der Waals surface area contributed by atoms with Crippen LogP contribution in [0.5, 0.6) is 23.0 Å². The first-order chi connectivity index (χ1) is 20.1. The summed E-state index contributed by atoms with van der Waals surface area (Å²) in [6.07, 6.45) is 4.74. The Morgan fingerprint density at radius 2 is 1.69 bits per heavy atom. The summed E-state index contributed by atoms with van der Waals surface area (Å²) in [6, 6.07) is 7.29. The fraction of sp³-hybridized carbons (Fsp3) is 0.172. The van der Waals surface area contributed by atoms with E-state index < -0.39 is 41.8 Å². The smallest absolute Gasteiger partial charge is 0.338 e. The minimum Gasteiger partial charge on any atom is -0.493 e. The normalized spacial score (nSPS) is 19.1. The maximum Gasteiger partial charge on any atom is 0.338 e. The van der Waals surface area contributed by atoms with E-state index in [1.165, 1.54) is 82.2 Å². The Hall–Kier alpha value is -5.72. The van der Waals surface area contributed by atoms with Crippen LogP contribution in [0.3, 0.4) is 0 Å². The lowest BCUT2D eigenvalue weighted by Crippen LogP contribution is -2.57. The van der Waals surface area contributed by atoms with E-state index in [0.717, 1.165) is 4.90 Å². The van der Waals surface area contributed by atoms with E-state index in [4.69, 9.17) is 23.7 Å². The average Bonchev–Trinajstić information content (AvgIpc) is 3.25. The summed E-state index contributed by atoms with van der Waals surface area (Å²) in [6.45, 7) is 1.20. The van der Waals surface area contributed by atoms with Crippen molar-refractivity contribution < 1.29 is 52.5 Å². The van der Waals surface area contributed by atoms with Gasteiger partial charge in [0, 0.05) is 25.1 Å². The topological polar surface area (TPSA) is 155 Å². The number of ether oxygens (including phenoxy) is 5. The number of esters is 2. The van der Waals surface area contributed by atoms with Gasteiger partial charge >= 0.3 is 23.8 Å². The van der Waals surface area contributed by atoms with Gasteiger partial charge in [-0.15, -0.1) is 0 Å². The Balaban J connectivity index is 1.44. The first-order valence-corrected chi connectivity index (χ1v) is 12.4. The average molecular weight is 574 g/mol. The maximum absolute atomic E-state index is 13.4. The van der Waals surface area contributed by atoms with Gasteiger partial charge in [-0.05, 0) is 48.6 Å². The third kappa shape index (κ3) is 4.98. The minimum absolute atomic E-state index is 0.00138. The molecule has 214 valence electrons. The largest absolute Gasteiger partial charge is 0.493 e. The molecular formula is C29H22N2O11. The van der Waals surface area contributed by atoms with Crippen molar-refractivity contribution in [2.75, 3.05) is 14.2 Å². The number of amides is 3. The van der Waals surface area contributed by atoms with E-state index in [1.807, 2.05) is 0 Å². The van der Waals surface area contributed by atoms with Crippen LogP contribution in [0.15, 0.2) is 72.3 Å². The van der Waals surface area contributed by atoms with Gasteiger partial charge in [0.2, 0.25) is 0 Å². The third-order valence-corrected chi connectivity index (χ3v) is 6.49. The van der Waals surface area contributed by atoms with Crippen LogP contribution in [0.2, 0.25) is 0 Å². The van der Waals surface area contributed by atoms with Crippen molar-refractivity contribution >= 4 is 35.9 Å². The number of aldehydes is 1. The highest BCUT2D eigenvalue weighted by Crippen LogP contribution is 2.39. The Bertz CT molecular complexity index is 1640. The maximum atomic E-state index is 13.4. The number of hydrogen-bond donors (Lipinski definition) is 0. The highest BCUT2D eigenvalue weighted by atomic mass is 16.6. The molecule has 0 spiro atoms. The molecule has 0 radical (unpaired) electrons. The molecule has 0 bridgehead atoms. The zero-order chi connectivity index (χ0) is 30.1. The summed E-state index contributed by atoms with van der Waals surface area (Å²) in [7, 11) is 2.57. The van der Waals surface area contributed by atoms with E-state index in [9.17, 15) is 28.8 Å². The summed E-state index contributed by atoms with van der Waals surface area (Å²) < 4.78 is 27.5. The SMILES string of the molecule is COc1ccc(C(=O)O[C@H]2C=COC=C3C=C4C(=O)N(C)C(=O)C(=O)N4[C@@H]32)cc1Oc1cc(C=O)ccc1OC(C)=O. The molecule has 42 heavy (non-hydrogen) atoms. The van der Waals surface area contributed by atoms with Crippen molar-refractivity contribution in [3.05, 3.63) is 83.5 Å². The predicted molar refractivity (Wildman–Crippen MR) is 140 cm³/mol. The fourth-order valence-corrected chi connectivity index (χ4v) is 4.52. The molecule has 0 unspecified atom stereocenters. The molecular weight excluding hydrogens is 552 g/mol. The predicted octanol–water partition coefficient (Wildman–Crippen LogP) is 2.27. The zero-order valence-electron chi connectivity index (χ0n) is 22.4. The standard InChI is InChI=1S/C29H22N2O11/c1-15(33)40-21-6-4-16(13-32)10-23(21)41-24-12-17(5-7-20(24)38-3)29(37)42-22-8-9-39-14-18-11-19-26(34)30(2)27(35)28(36)31(19)25(18)22/h4-14,22,25H,1-3H3/t22-,25-/m0/s1. The van der Waals surface area contributed by atoms with Crippen LogP contribution in [0.1, 0.15) is 27.6 Å². The molecule has 0 saturated carbocycles. The van der Waals surface area contributed by atoms with E-state index in [2.05, 4.69) is 0 Å². The third-order valence-electron chi connectivity index (χ3n) is 6.49.